The third-order valence-electron chi connectivity index (χ3n) is 2.96. The molecule has 0 aromatic heterocycles. The molecule has 0 saturated carbocycles. The summed E-state index contributed by atoms with van der Waals surface area (Å²) in [4.78, 5) is 12.0. The first-order valence-electron chi connectivity index (χ1n) is 6.03. The summed E-state index contributed by atoms with van der Waals surface area (Å²) in [5.41, 5.74) is 5.04. The van der Waals surface area contributed by atoms with Gasteiger partial charge in [0, 0.05) is 11.1 Å². The van der Waals surface area contributed by atoms with Crippen LogP contribution in [0.25, 0.3) is 11.1 Å². The van der Waals surface area contributed by atoms with Crippen LogP contribution in [-0.2, 0) is 0 Å². The van der Waals surface area contributed by atoms with E-state index < -0.39 is 0 Å². The number of hydrogen-bond donors (Lipinski definition) is 0. The molecule has 86 valence electrons. The van der Waals surface area contributed by atoms with Gasteiger partial charge >= 0.3 is 0 Å². The van der Waals surface area contributed by atoms with Gasteiger partial charge in [0.25, 0.3) is 0 Å². The first kappa shape index (κ1) is 11.6. The average molecular weight is 224 g/mol. The van der Waals surface area contributed by atoms with Crippen molar-refractivity contribution in [2.75, 3.05) is 0 Å². The minimum absolute atomic E-state index is 0.157. The van der Waals surface area contributed by atoms with Gasteiger partial charge in [0.1, 0.15) is 0 Å². The minimum atomic E-state index is 0.157. The van der Waals surface area contributed by atoms with Crippen molar-refractivity contribution in [3.8, 4) is 11.1 Å². The SMILES string of the molecule is CC.Cc1cccc2c1-c1ccccc1C2=O. The van der Waals surface area contributed by atoms with Crippen molar-refractivity contribution in [1.29, 1.82) is 0 Å². The molecule has 1 heteroatoms. The van der Waals surface area contributed by atoms with E-state index in [1.54, 1.807) is 0 Å². The maximum absolute atomic E-state index is 12.0. The maximum Gasteiger partial charge on any atom is 0.194 e. The highest BCUT2D eigenvalue weighted by molar-refractivity contribution is 6.22. The van der Waals surface area contributed by atoms with E-state index in [0.717, 1.165) is 22.3 Å². The van der Waals surface area contributed by atoms with Crippen LogP contribution < -0.4 is 0 Å². The number of fused-ring (bicyclic) bond motifs is 3. The van der Waals surface area contributed by atoms with Crippen LogP contribution >= 0.6 is 0 Å². The Bertz CT molecular complexity index is 567. The topological polar surface area (TPSA) is 17.1 Å². The standard InChI is InChI=1S/C14H10O.C2H6/c1-9-5-4-8-12-13(9)10-6-2-3-7-11(10)14(12)15;1-2/h2-8H,1H3;1-2H3. The molecule has 0 radical (unpaired) electrons. The molecule has 1 nitrogen and oxygen atoms in total. The fourth-order valence-electron chi connectivity index (χ4n) is 2.26. The summed E-state index contributed by atoms with van der Waals surface area (Å²) in [6, 6.07) is 13.7. The van der Waals surface area contributed by atoms with E-state index in [1.165, 1.54) is 5.56 Å². The average Bonchev–Trinajstić information content (AvgIpc) is 2.68. The number of benzene rings is 2. The molecule has 17 heavy (non-hydrogen) atoms. The van der Waals surface area contributed by atoms with Gasteiger partial charge in [0.15, 0.2) is 5.78 Å². The smallest absolute Gasteiger partial charge is 0.194 e. The lowest BCUT2D eigenvalue weighted by Gasteiger charge is -2.02. The van der Waals surface area contributed by atoms with Crippen LogP contribution in [-0.4, -0.2) is 5.78 Å². The zero-order valence-corrected chi connectivity index (χ0v) is 10.4. The molecule has 1 aliphatic rings. The Labute approximate surface area is 102 Å². The fraction of sp³-hybridized carbons (Fsp3) is 0.188. The predicted molar refractivity (Wildman–Crippen MR) is 71.4 cm³/mol. The Hall–Kier alpha value is -1.89. The number of carbonyl (C=O) groups is 1. The van der Waals surface area contributed by atoms with Gasteiger partial charge in [0.05, 0.1) is 0 Å². The molecule has 2 aromatic carbocycles. The first-order valence-corrected chi connectivity index (χ1v) is 6.03. The highest BCUT2D eigenvalue weighted by Gasteiger charge is 2.26. The van der Waals surface area contributed by atoms with Gasteiger partial charge in [-0.25, -0.2) is 0 Å². The molecule has 0 unspecified atom stereocenters. The summed E-state index contributed by atoms with van der Waals surface area (Å²) < 4.78 is 0. The van der Waals surface area contributed by atoms with Gasteiger partial charge in [0.2, 0.25) is 0 Å². The van der Waals surface area contributed by atoms with Gasteiger partial charge in [-0.05, 0) is 23.6 Å². The molecular weight excluding hydrogens is 208 g/mol. The van der Waals surface area contributed by atoms with Gasteiger partial charge in [-0.15, -0.1) is 0 Å². The van der Waals surface area contributed by atoms with E-state index in [2.05, 4.69) is 0 Å². The van der Waals surface area contributed by atoms with Crippen molar-refractivity contribution in [3.63, 3.8) is 0 Å². The predicted octanol–water partition coefficient (Wildman–Crippen LogP) is 4.23. The molecule has 0 fully saturated rings. The van der Waals surface area contributed by atoms with E-state index in [1.807, 2.05) is 63.2 Å². The minimum Gasteiger partial charge on any atom is -0.289 e. The van der Waals surface area contributed by atoms with Gasteiger partial charge in [-0.1, -0.05) is 56.3 Å². The molecule has 2 aromatic rings. The Balaban J connectivity index is 0.000000514. The molecule has 1 aliphatic carbocycles. The summed E-state index contributed by atoms with van der Waals surface area (Å²) in [5, 5.41) is 0. The third-order valence-corrected chi connectivity index (χ3v) is 2.96. The van der Waals surface area contributed by atoms with Crippen LogP contribution in [0.1, 0.15) is 35.3 Å². The summed E-state index contributed by atoms with van der Waals surface area (Å²) in [6.45, 7) is 6.05. The molecule has 0 bridgehead atoms. The van der Waals surface area contributed by atoms with Gasteiger partial charge < -0.3 is 0 Å². The molecule has 0 atom stereocenters. The zero-order valence-electron chi connectivity index (χ0n) is 10.4. The molecule has 0 saturated heterocycles. The van der Waals surface area contributed by atoms with E-state index >= 15 is 0 Å². The summed E-state index contributed by atoms with van der Waals surface area (Å²) in [7, 11) is 0. The summed E-state index contributed by atoms with van der Waals surface area (Å²) in [6.07, 6.45) is 0. The molecule has 0 amide bonds. The second-order valence-electron chi connectivity index (χ2n) is 3.87. The lowest BCUT2D eigenvalue weighted by atomic mass is 10.0. The molecule has 0 aliphatic heterocycles. The van der Waals surface area contributed by atoms with Crippen molar-refractivity contribution < 1.29 is 4.79 Å². The number of aryl methyl sites for hydroxylation is 1. The van der Waals surface area contributed by atoms with Crippen molar-refractivity contribution in [3.05, 3.63) is 59.2 Å². The van der Waals surface area contributed by atoms with Crippen LogP contribution in [0, 0.1) is 6.92 Å². The van der Waals surface area contributed by atoms with Crippen molar-refractivity contribution in [2.45, 2.75) is 20.8 Å². The van der Waals surface area contributed by atoms with Crippen LogP contribution in [0.2, 0.25) is 0 Å². The number of ketones is 1. The number of carbonyl (C=O) groups excluding carboxylic acids is 1. The lowest BCUT2D eigenvalue weighted by Crippen LogP contribution is -1.94. The normalized spacial score (nSPS) is 11.4. The van der Waals surface area contributed by atoms with Crippen LogP contribution in [0.5, 0.6) is 0 Å². The second-order valence-corrected chi connectivity index (χ2v) is 3.87. The molecule has 0 N–H and O–H groups in total. The summed E-state index contributed by atoms with van der Waals surface area (Å²) in [5.74, 6) is 0.157. The summed E-state index contributed by atoms with van der Waals surface area (Å²) >= 11 is 0. The van der Waals surface area contributed by atoms with Crippen LogP contribution in [0.4, 0.5) is 0 Å². The highest BCUT2D eigenvalue weighted by Crippen LogP contribution is 2.38. The monoisotopic (exact) mass is 224 g/mol. The first-order chi connectivity index (χ1) is 8.29. The largest absolute Gasteiger partial charge is 0.289 e. The van der Waals surface area contributed by atoms with Crippen molar-refractivity contribution >= 4 is 5.78 Å². The lowest BCUT2D eigenvalue weighted by molar-refractivity contribution is 0.104. The maximum atomic E-state index is 12.0. The zero-order chi connectivity index (χ0) is 12.4. The van der Waals surface area contributed by atoms with Crippen molar-refractivity contribution in [1.82, 2.24) is 0 Å². The van der Waals surface area contributed by atoms with E-state index in [9.17, 15) is 4.79 Å². The Morgan fingerprint density at radius 3 is 2.06 bits per heavy atom. The molecule has 0 heterocycles. The van der Waals surface area contributed by atoms with Gasteiger partial charge in [-0.2, -0.15) is 0 Å². The van der Waals surface area contributed by atoms with Crippen LogP contribution in [0.15, 0.2) is 42.5 Å². The Morgan fingerprint density at radius 2 is 1.35 bits per heavy atom. The highest BCUT2D eigenvalue weighted by atomic mass is 16.1. The van der Waals surface area contributed by atoms with E-state index in [-0.39, 0.29) is 5.78 Å². The second kappa shape index (κ2) is 4.54. The number of rotatable bonds is 0. The Kier molecular flexibility index (Phi) is 3.10. The Morgan fingerprint density at radius 1 is 0.765 bits per heavy atom. The molecule has 3 rings (SSSR count). The number of hydrogen-bond acceptors (Lipinski definition) is 1. The van der Waals surface area contributed by atoms with E-state index in [0.29, 0.717) is 0 Å². The molecular formula is C16H16O. The molecule has 0 spiro atoms. The van der Waals surface area contributed by atoms with Crippen molar-refractivity contribution in [2.24, 2.45) is 0 Å². The fourth-order valence-corrected chi connectivity index (χ4v) is 2.26. The third kappa shape index (κ3) is 1.68. The van der Waals surface area contributed by atoms with E-state index in [4.69, 9.17) is 0 Å². The van der Waals surface area contributed by atoms with Gasteiger partial charge in [-0.3, -0.25) is 4.79 Å². The quantitative estimate of drug-likeness (QED) is 0.558. The van der Waals surface area contributed by atoms with Crippen LogP contribution in [0.3, 0.4) is 0 Å².